The van der Waals surface area contributed by atoms with Crippen LogP contribution in [0.1, 0.15) is 24.8 Å². The van der Waals surface area contributed by atoms with Gasteiger partial charge in [0.25, 0.3) is 0 Å². The molecule has 3 N–H and O–H groups in total. The van der Waals surface area contributed by atoms with Crippen molar-refractivity contribution in [1.82, 2.24) is 9.88 Å². The fourth-order valence-corrected chi connectivity index (χ4v) is 1.85. The van der Waals surface area contributed by atoms with Gasteiger partial charge in [0.15, 0.2) is 0 Å². The Morgan fingerprint density at radius 1 is 1.53 bits per heavy atom. The van der Waals surface area contributed by atoms with E-state index in [4.69, 9.17) is 5.84 Å². The van der Waals surface area contributed by atoms with Crippen LogP contribution in [0.4, 0.5) is 5.82 Å². The molecule has 15 heavy (non-hydrogen) atoms. The maximum Gasteiger partial charge on any atom is 0.139 e. The van der Waals surface area contributed by atoms with Crippen molar-refractivity contribution in [2.75, 3.05) is 12.5 Å². The predicted molar refractivity (Wildman–Crippen MR) is 61.2 cm³/mol. The Labute approximate surface area is 90.5 Å². The molecule has 0 aliphatic heterocycles. The molecule has 1 aliphatic carbocycles. The first-order chi connectivity index (χ1) is 7.29. The minimum Gasteiger partial charge on any atom is -0.308 e. The molecule has 0 bridgehead atoms. The average Bonchev–Trinajstić information content (AvgIpc) is 2.16. The molecule has 0 radical (unpaired) electrons. The van der Waals surface area contributed by atoms with Crippen LogP contribution in [0.2, 0.25) is 0 Å². The van der Waals surface area contributed by atoms with Gasteiger partial charge in [-0.3, -0.25) is 4.90 Å². The molecule has 0 atom stereocenters. The van der Waals surface area contributed by atoms with Crippen LogP contribution in [-0.2, 0) is 6.54 Å². The predicted octanol–water partition coefficient (Wildman–Crippen LogP) is 1.35. The van der Waals surface area contributed by atoms with Gasteiger partial charge in [-0.25, -0.2) is 10.8 Å². The number of nitrogen functional groups attached to an aromatic ring is 1. The molecule has 2 rings (SSSR count). The van der Waals surface area contributed by atoms with E-state index >= 15 is 0 Å². The van der Waals surface area contributed by atoms with Crippen molar-refractivity contribution in [2.24, 2.45) is 5.84 Å². The van der Waals surface area contributed by atoms with E-state index < -0.39 is 0 Å². The zero-order valence-electron chi connectivity index (χ0n) is 9.11. The first-order valence-electron chi connectivity index (χ1n) is 5.41. The van der Waals surface area contributed by atoms with Crippen LogP contribution < -0.4 is 11.3 Å². The van der Waals surface area contributed by atoms with Crippen LogP contribution in [0.5, 0.6) is 0 Å². The third kappa shape index (κ3) is 2.46. The lowest BCUT2D eigenvalue weighted by atomic mass is 9.92. The number of anilines is 1. The van der Waals surface area contributed by atoms with Crippen LogP contribution in [0, 0.1) is 0 Å². The number of hydrogen-bond acceptors (Lipinski definition) is 4. The van der Waals surface area contributed by atoms with Crippen molar-refractivity contribution < 1.29 is 0 Å². The summed E-state index contributed by atoms with van der Waals surface area (Å²) in [6, 6.07) is 4.75. The highest BCUT2D eigenvalue weighted by atomic mass is 15.2. The highest BCUT2D eigenvalue weighted by Gasteiger charge is 2.21. The Morgan fingerprint density at radius 3 is 2.80 bits per heavy atom. The fourth-order valence-electron chi connectivity index (χ4n) is 1.85. The van der Waals surface area contributed by atoms with E-state index in [1.54, 1.807) is 0 Å². The summed E-state index contributed by atoms with van der Waals surface area (Å²) >= 11 is 0. The third-order valence-electron chi connectivity index (χ3n) is 3.10. The molecule has 4 nitrogen and oxygen atoms in total. The molecule has 0 spiro atoms. The molecule has 1 saturated carbocycles. The molecule has 1 aromatic rings. The molecule has 0 saturated heterocycles. The van der Waals surface area contributed by atoms with Crippen LogP contribution in [0.25, 0.3) is 0 Å². The van der Waals surface area contributed by atoms with Gasteiger partial charge >= 0.3 is 0 Å². The van der Waals surface area contributed by atoms with Gasteiger partial charge in [0.05, 0.1) is 0 Å². The third-order valence-corrected chi connectivity index (χ3v) is 3.10. The molecule has 82 valence electrons. The Morgan fingerprint density at radius 2 is 2.33 bits per heavy atom. The Bertz CT molecular complexity index is 305. The van der Waals surface area contributed by atoms with Crippen LogP contribution in [0.15, 0.2) is 18.3 Å². The lowest BCUT2D eigenvalue weighted by molar-refractivity contribution is 0.152. The zero-order valence-corrected chi connectivity index (χ0v) is 9.11. The van der Waals surface area contributed by atoms with Crippen molar-refractivity contribution in [3.63, 3.8) is 0 Å². The second kappa shape index (κ2) is 4.59. The van der Waals surface area contributed by atoms with Crippen molar-refractivity contribution >= 4 is 5.82 Å². The molecule has 0 amide bonds. The summed E-state index contributed by atoms with van der Waals surface area (Å²) in [5, 5.41) is 0. The smallest absolute Gasteiger partial charge is 0.139 e. The van der Waals surface area contributed by atoms with Gasteiger partial charge in [0.2, 0.25) is 0 Å². The van der Waals surface area contributed by atoms with E-state index in [1.165, 1.54) is 24.8 Å². The summed E-state index contributed by atoms with van der Waals surface area (Å²) in [5.41, 5.74) is 3.77. The van der Waals surface area contributed by atoms with Crippen LogP contribution in [-0.4, -0.2) is 23.0 Å². The van der Waals surface area contributed by atoms with E-state index in [0.29, 0.717) is 5.82 Å². The van der Waals surface area contributed by atoms with E-state index in [0.717, 1.165) is 12.6 Å². The highest BCUT2D eigenvalue weighted by molar-refractivity contribution is 5.33. The average molecular weight is 206 g/mol. The molecule has 1 aliphatic rings. The van der Waals surface area contributed by atoms with Crippen molar-refractivity contribution in [3.8, 4) is 0 Å². The Hall–Kier alpha value is -1.13. The summed E-state index contributed by atoms with van der Waals surface area (Å²) in [4.78, 5) is 6.59. The lowest BCUT2D eigenvalue weighted by Crippen LogP contribution is -2.36. The Kier molecular flexibility index (Phi) is 3.18. The number of nitrogens with zero attached hydrogens (tertiary/aromatic N) is 2. The second-order valence-corrected chi connectivity index (χ2v) is 4.20. The molecule has 1 heterocycles. The molecular formula is C11H18N4. The number of aromatic nitrogens is 1. The monoisotopic (exact) mass is 206 g/mol. The summed E-state index contributed by atoms with van der Waals surface area (Å²) in [6.45, 7) is 0.975. The van der Waals surface area contributed by atoms with Gasteiger partial charge in [-0.05, 0) is 31.5 Å². The maximum absolute atomic E-state index is 5.26. The SMILES string of the molecule is CN(Cc1ccc(NN)nc1)C1CCC1. The summed E-state index contributed by atoms with van der Waals surface area (Å²) in [6.07, 6.45) is 5.94. The van der Waals surface area contributed by atoms with Gasteiger partial charge in [-0.15, -0.1) is 0 Å². The van der Waals surface area contributed by atoms with E-state index in [2.05, 4.69) is 28.4 Å². The van der Waals surface area contributed by atoms with Gasteiger partial charge in [-0.2, -0.15) is 0 Å². The lowest BCUT2D eigenvalue weighted by Gasteiger charge is -2.34. The fraction of sp³-hybridized carbons (Fsp3) is 0.545. The zero-order chi connectivity index (χ0) is 10.7. The largest absolute Gasteiger partial charge is 0.308 e. The van der Waals surface area contributed by atoms with Gasteiger partial charge in [-0.1, -0.05) is 12.5 Å². The van der Waals surface area contributed by atoms with Gasteiger partial charge in [0.1, 0.15) is 5.82 Å². The number of hydrogen-bond donors (Lipinski definition) is 2. The first-order valence-corrected chi connectivity index (χ1v) is 5.41. The number of nitrogens with two attached hydrogens (primary N) is 1. The number of rotatable bonds is 4. The van der Waals surface area contributed by atoms with Crippen molar-refractivity contribution in [3.05, 3.63) is 23.9 Å². The minimum atomic E-state index is 0.713. The topological polar surface area (TPSA) is 54.2 Å². The highest BCUT2D eigenvalue weighted by Crippen LogP contribution is 2.24. The van der Waals surface area contributed by atoms with Gasteiger partial charge in [0, 0.05) is 18.8 Å². The van der Waals surface area contributed by atoms with Crippen molar-refractivity contribution in [2.45, 2.75) is 31.8 Å². The van der Waals surface area contributed by atoms with E-state index in [1.807, 2.05) is 12.3 Å². The molecular weight excluding hydrogens is 188 g/mol. The summed E-state index contributed by atoms with van der Waals surface area (Å²) in [5.74, 6) is 5.97. The maximum atomic E-state index is 5.26. The summed E-state index contributed by atoms with van der Waals surface area (Å²) < 4.78 is 0. The molecule has 1 fully saturated rings. The Balaban J connectivity index is 1.91. The second-order valence-electron chi connectivity index (χ2n) is 4.20. The first kappa shape index (κ1) is 10.4. The summed E-state index contributed by atoms with van der Waals surface area (Å²) in [7, 11) is 2.18. The van der Waals surface area contributed by atoms with E-state index in [-0.39, 0.29) is 0 Å². The molecule has 0 unspecified atom stereocenters. The van der Waals surface area contributed by atoms with E-state index in [9.17, 15) is 0 Å². The minimum absolute atomic E-state index is 0.713. The number of nitrogens with one attached hydrogen (secondary N) is 1. The molecule has 1 aromatic heterocycles. The van der Waals surface area contributed by atoms with Crippen LogP contribution >= 0.6 is 0 Å². The standard InChI is InChI=1S/C11H18N4/c1-15(10-3-2-4-10)8-9-5-6-11(14-12)13-7-9/h5-7,10H,2-4,8,12H2,1H3,(H,13,14). The quantitative estimate of drug-likeness (QED) is 0.577. The normalized spacial score (nSPS) is 16.5. The van der Waals surface area contributed by atoms with Gasteiger partial charge < -0.3 is 5.43 Å². The molecule has 4 heteroatoms. The van der Waals surface area contributed by atoms with Crippen molar-refractivity contribution in [1.29, 1.82) is 0 Å². The number of pyridine rings is 1. The van der Waals surface area contributed by atoms with Crippen LogP contribution in [0.3, 0.4) is 0 Å². The number of hydrazine groups is 1. The molecule has 0 aromatic carbocycles.